The summed E-state index contributed by atoms with van der Waals surface area (Å²) in [6.07, 6.45) is 2.33. The van der Waals surface area contributed by atoms with Crippen LogP contribution in [0.5, 0.6) is 0 Å². The molecule has 0 radical (unpaired) electrons. The van der Waals surface area contributed by atoms with E-state index in [0.29, 0.717) is 36.3 Å². The third kappa shape index (κ3) is 4.44. The maximum atomic E-state index is 13.1. The van der Waals surface area contributed by atoms with E-state index in [1.165, 1.54) is 18.3 Å². The fourth-order valence-electron chi connectivity index (χ4n) is 1.72. The molecule has 4 N–H and O–H groups in total. The number of nitrogens with two attached hydrogens (primary N) is 1. The van der Waals surface area contributed by atoms with Gasteiger partial charge in [-0.2, -0.15) is 4.98 Å². The van der Waals surface area contributed by atoms with Gasteiger partial charge < -0.3 is 21.1 Å². The first-order valence-corrected chi connectivity index (χ1v) is 7.05. The average Bonchev–Trinajstić information content (AvgIpc) is 2.50. The van der Waals surface area contributed by atoms with Gasteiger partial charge in [-0.05, 0) is 24.6 Å². The molecule has 0 aliphatic heterocycles. The minimum Gasteiger partial charge on any atom is -0.394 e. The van der Waals surface area contributed by atoms with Gasteiger partial charge >= 0.3 is 0 Å². The van der Waals surface area contributed by atoms with Gasteiger partial charge in [0.2, 0.25) is 5.95 Å². The fraction of sp³-hybridized carbons (Fsp3) is 0.286. The zero-order valence-electron chi connectivity index (χ0n) is 12.1. The predicted octanol–water partition coefficient (Wildman–Crippen LogP) is 3.04. The van der Waals surface area contributed by atoms with Gasteiger partial charge in [-0.25, -0.2) is 9.37 Å². The molecule has 8 heteroatoms. The Morgan fingerprint density at radius 3 is 2.95 bits per heavy atom. The van der Waals surface area contributed by atoms with Gasteiger partial charge in [-0.3, -0.25) is 0 Å². The molecular weight excluding hydrogens is 309 g/mol. The summed E-state index contributed by atoms with van der Waals surface area (Å²) in [5, 5.41) is 6.09. The highest BCUT2D eigenvalue weighted by Gasteiger charge is 2.06. The second-order valence-corrected chi connectivity index (χ2v) is 4.93. The molecule has 0 spiro atoms. The third-order valence-electron chi connectivity index (χ3n) is 2.81. The van der Waals surface area contributed by atoms with Crippen LogP contribution in [0.2, 0.25) is 5.02 Å². The van der Waals surface area contributed by atoms with Crippen molar-refractivity contribution in [2.24, 2.45) is 0 Å². The van der Waals surface area contributed by atoms with Crippen molar-refractivity contribution in [3.05, 3.63) is 35.2 Å². The molecule has 0 aliphatic rings. The number of rotatable bonds is 7. The molecule has 118 valence electrons. The zero-order valence-corrected chi connectivity index (χ0v) is 12.8. The van der Waals surface area contributed by atoms with Crippen molar-refractivity contribution >= 4 is 34.7 Å². The first-order chi connectivity index (χ1) is 10.6. The summed E-state index contributed by atoms with van der Waals surface area (Å²) in [5.41, 5.74) is 6.85. The Balaban J connectivity index is 2.06. The highest BCUT2D eigenvalue weighted by Crippen LogP contribution is 2.23. The molecule has 22 heavy (non-hydrogen) atoms. The van der Waals surface area contributed by atoms with Crippen LogP contribution in [0.15, 0.2) is 24.4 Å². The Morgan fingerprint density at radius 2 is 2.23 bits per heavy atom. The number of nitrogens with zero attached hydrogens (tertiary/aromatic N) is 2. The number of benzene rings is 1. The molecule has 1 heterocycles. The Kier molecular flexibility index (Phi) is 5.74. The number of hydrogen-bond donors (Lipinski definition) is 3. The van der Waals surface area contributed by atoms with Crippen molar-refractivity contribution in [1.29, 1.82) is 0 Å². The molecule has 0 unspecified atom stereocenters. The van der Waals surface area contributed by atoms with Gasteiger partial charge in [-0.1, -0.05) is 11.6 Å². The number of anilines is 4. The molecular formula is C14H17ClFN5O. The monoisotopic (exact) mass is 325 g/mol. The molecule has 2 rings (SSSR count). The summed E-state index contributed by atoms with van der Waals surface area (Å²) >= 11 is 5.73. The normalized spacial score (nSPS) is 10.5. The highest BCUT2D eigenvalue weighted by molar-refractivity contribution is 6.31. The molecule has 0 fully saturated rings. The Bertz CT molecular complexity index is 641. The minimum absolute atomic E-state index is 0.0263. The molecule has 1 aromatic carbocycles. The van der Waals surface area contributed by atoms with Crippen LogP contribution in [-0.4, -0.2) is 30.2 Å². The highest BCUT2D eigenvalue weighted by atomic mass is 35.5. The summed E-state index contributed by atoms with van der Waals surface area (Å²) in [7, 11) is 1.65. The van der Waals surface area contributed by atoms with E-state index in [0.717, 1.165) is 6.42 Å². The van der Waals surface area contributed by atoms with Crippen LogP contribution in [0.4, 0.5) is 27.5 Å². The van der Waals surface area contributed by atoms with E-state index in [4.69, 9.17) is 22.1 Å². The van der Waals surface area contributed by atoms with Crippen molar-refractivity contribution in [1.82, 2.24) is 9.97 Å². The summed E-state index contributed by atoms with van der Waals surface area (Å²) in [4.78, 5) is 8.36. The minimum atomic E-state index is -0.481. The molecule has 1 aromatic heterocycles. The van der Waals surface area contributed by atoms with Crippen LogP contribution in [0.1, 0.15) is 6.42 Å². The summed E-state index contributed by atoms with van der Waals surface area (Å²) in [6.45, 7) is 1.33. The van der Waals surface area contributed by atoms with Crippen molar-refractivity contribution in [2.45, 2.75) is 6.42 Å². The molecule has 0 saturated carbocycles. The number of aromatic nitrogens is 2. The number of nitrogens with one attached hydrogen (secondary N) is 2. The van der Waals surface area contributed by atoms with Crippen molar-refractivity contribution < 1.29 is 9.13 Å². The lowest BCUT2D eigenvalue weighted by Gasteiger charge is -2.10. The smallest absolute Gasteiger partial charge is 0.229 e. The van der Waals surface area contributed by atoms with Crippen LogP contribution in [0.25, 0.3) is 0 Å². The molecule has 2 aromatic rings. The van der Waals surface area contributed by atoms with E-state index >= 15 is 0 Å². The lowest BCUT2D eigenvalue weighted by molar-refractivity contribution is 0.198. The van der Waals surface area contributed by atoms with E-state index in [1.54, 1.807) is 13.2 Å². The van der Waals surface area contributed by atoms with Gasteiger partial charge in [0.1, 0.15) is 5.82 Å². The summed E-state index contributed by atoms with van der Waals surface area (Å²) < 4.78 is 18.1. The number of methoxy groups -OCH3 is 1. The zero-order chi connectivity index (χ0) is 15.9. The van der Waals surface area contributed by atoms with E-state index < -0.39 is 5.82 Å². The molecule has 0 amide bonds. The maximum Gasteiger partial charge on any atom is 0.229 e. The van der Waals surface area contributed by atoms with Crippen LogP contribution >= 0.6 is 11.6 Å². The average molecular weight is 326 g/mol. The van der Waals surface area contributed by atoms with E-state index in [-0.39, 0.29) is 5.02 Å². The van der Waals surface area contributed by atoms with Crippen LogP contribution in [0, 0.1) is 5.82 Å². The quantitative estimate of drug-likeness (QED) is 0.678. The molecule has 6 nitrogen and oxygen atoms in total. The van der Waals surface area contributed by atoms with E-state index in [2.05, 4.69) is 20.6 Å². The van der Waals surface area contributed by atoms with Gasteiger partial charge in [0.25, 0.3) is 0 Å². The Hall–Kier alpha value is -2.12. The van der Waals surface area contributed by atoms with Crippen molar-refractivity contribution in [3.63, 3.8) is 0 Å². The van der Waals surface area contributed by atoms with Crippen molar-refractivity contribution in [2.75, 3.05) is 36.6 Å². The van der Waals surface area contributed by atoms with Gasteiger partial charge in [0, 0.05) is 25.9 Å². The predicted molar refractivity (Wildman–Crippen MR) is 86.1 cm³/mol. The Morgan fingerprint density at radius 1 is 1.41 bits per heavy atom. The van der Waals surface area contributed by atoms with Gasteiger partial charge in [-0.15, -0.1) is 0 Å². The van der Waals surface area contributed by atoms with E-state index in [1.807, 2.05) is 0 Å². The number of nitrogen functional groups attached to an aromatic ring is 1. The van der Waals surface area contributed by atoms with Gasteiger partial charge in [0.05, 0.1) is 16.9 Å². The summed E-state index contributed by atoms with van der Waals surface area (Å²) in [5.74, 6) is 0.388. The lowest BCUT2D eigenvalue weighted by atomic mass is 10.3. The van der Waals surface area contributed by atoms with Gasteiger partial charge in [0.15, 0.2) is 5.82 Å². The first-order valence-electron chi connectivity index (χ1n) is 6.67. The second kappa shape index (κ2) is 7.77. The van der Waals surface area contributed by atoms with Crippen LogP contribution in [-0.2, 0) is 4.74 Å². The SMILES string of the molecule is COCCCNc1nc(Nc2ccc(F)c(Cl)c2)ncc1N. The molecule has 0 aliphatic carbocycles. The largest absolute Gasteiger partial charge is 0.394 e. The van der Waals surface area contributed by atoms with Crippen LogP contribution < -0.4 is 16.4 Å². The molecule has 0 atom stereocenters. The third-order valence-corrected chi connectivity index (χ3v) is 3.10. The Labute approximate surface area is 132 Å². The topological polar surface area (TPSA) is 85.1 Å². The number of halogens is 2. The lowest BCUT2D eigenvalue weighted by Crippen LogP contribution is -2.10. The number of hydrogen-bond acceptors (Lipinski definition) is 6. The molecule has 0 saturated heterocycles. The maximum absolute atomic E-state index is 13.1. The van der Waals surface area contributed by atoms with Crippen LogP contribution in [0.3, 0.4) is 0 Å². The summed E-state index contributed by atoms with van der Waals surface area (Å²) in [6, 6.07) is 4.28. The number of ether oxygens (including phenoxy) is 1. The van der Waals surface area contributed by atoms with E-state index in [9.17, 15) is 4.39 Å². The first kappa shape index (κ1) is 16.3. The standard InChI is InChI=1S/C14H17ClFN5O/c1-22-6-2-5-18-13-12(17)8-19-14(21-13)20-9-3-4-11(16)10(15)7-9/h3-4,7-8H,2,5-6,17H2,1H3,(H2,18,19,20,21). The molecule has 0 bridgehead atoms. The second-order valence-electron chi connectivity index (χ2n) is 4.52. The van der Waals surface area contributed by atoms with Crippen molar-refractivity contribution in [3.8, 4) is 0 Å². The fourth-order valence-corrected chi connectivity index (χ4v) is 1.90.